The van der Waals surface area contributed by atoms with Crippen molar-refractivity contribution in [2.75, 3.05) is 0 Å². The lowest BCUT2D eigenvalue weighted by Gasteiger charge is -2.26. The first kappa shape index (κ1) is 17.1. The predicted octanol–water partition coefficient (Wildman–Crippen LogP) is 3.64. The summed E-state index contributed by atoms with van der Waals surface area (Å²) < 4.78 is 5.63. The summed E-state index contributed by atoms with van der Waals surface area (Å²) in [5.74, 6) is 0.769. The van der Waals surface area contributed by atoms with Crippen LogP contribution in [0.1, 0.15) is 59.9 Å². The lowest BCUT2D eigenvalue weighted by atomic mass is 9.96. The molecule has 1 N–H and O–H groups in total. The van der Waals surface area contributed by atoms with E-state index in [9.17, 15) is 9.59 Å². The van der Waals surface area contributed by atoms with Crippen LogP contribution in [0.4, 0.5) is 0 Å². The van der Waals surface area contributed by atoms with Crippen molar-refractivity contribution in [3.05, 3.63) is 33.1 Å². The molecule has 1 aliphatic carbocycles. The van der Waals surface area contributed by atoms with Crippen molar-refractivity contribution in [1.82, 2.24) is 15.5 Å². The van der Waals surface area contributed by atoms with Gasteiger partial charge in [-0.2, -0.15) is 4.98 Å². The average Bonchev–Trinajstić information content (AvgIpc) is 3.27. The Hall–Kier alpha value is -1.73. The lowest BCUT2D eigenvalue weighted by molar-refractivity contribution is -0.123. The molecule has 2 aromatic heterocycles. The van der Waals surface area contributed by atoms with Crippen molar-refractivity contribution in [1.29, 1.82) is 0 Å². The van der Waals surface area contributed by atoms with Crippen LogP contribution < -0.4 is 5.32 Å². The number of nitrogens with zero attached hydrogens (tertiary/aromatic N) is 2. The number of ketones is 1. The first-order valence-electron chi connectivity index (χ1n) is 7.89. The molecule has 2 aromatic rings. The zero-order chi connectivity index (χ0) is 17.2. The Morgan fingerprint density at radius 2 is 2.08 bits per heavy atom. The maximum atomic E-state index is 12.4. The summed E-state index contributed by atoms with van der Waals surface area (Å²) in [6, 6.07) is 3.37. The molecule has 0 aromatic carbocycles. The number of aromatic nitrogens is 2. The van der Waals surface area contributed by atoms with E-state index in [0.717, 1.165) is 25.7 Å². The van der Waals surface area contributed by atoms with E-state index in [0.29, 0.717) is 20.9 Å². The van der Waals surface area contributed by atoms with Gasteiger partial charge in [-0.15, -0.1) is 11.3 Å². The number of hydrogen-bond acceptors (Lipinski definition) is 6. The SMILES string of the molecule is Cc1nc(C2(NC(=O)CCC(=O)c3ccc(Cl)s3)CCCC2)no1. The van der Waals surface area contributed by atoms with Gasteiger partial charge in [0.15, 0.2) is 11.6 Å². The number of nitrogens with one attached hydrogen (secondary N) is 1. The summed E-state index contributed by atoms with van der Waals surface area (Å²) in [5, 5.41) is 7.02. The molecular formula is C16H18ClN3O3S. The molecule has 1 saturated carbocycles. The molecule has 1 fully saturated rings. The Labute approximate surface area is 148 Å². The van der Waals surface area contributed by atoms with Crippen LogP contribution in [0.2, 0.25) is 4.34 Å². The van der Waals surface area contributed by atoms with Crippen LogP contribution in [0.5, 0.6) is 0 Å². The second-order valence-corrected chi connectivity index (χ2v) is 7.72. The number of Topliss-reactive ketones (excluding diaryl/α,β-unsaturated/α-hetero) is 1. The normalized spacial score (nSPS) is 16.2. The number of halogens is 1. The van der Waals surface area contributed by atoms with Crippen LogP contribution in [0, 0.1) is 6.92 Å². The van der Waals surface area contributed by atoms with Gasteiger partial charge in [0.05, 0.1) is 9.21 Å². The van der Waals surface area contributed by atoms with E-state index in [2.05, 4.69) is 15.5 Å². The third kappa shape index (κ3) is 3.67. The van der Waals surface area contributed by atoms with Crippen molar-refractivity contribution < 1.29 is 14.1 Å². The third-order valence-electron chi connectivity index (χ3n) is 4.22. The topological polar surface area (TPSA) is 85.1 Å². The first-order valence-corrected chi connectivity index (χ1v) is 9.08. The van der Waals surface area contributed by atoms with Gasteiger partial charge in [-0.25, -0.2) is 0 Å². The molecule has 128 valence electrons. The Kier molecular flexibility index (Phi) is 5.01. The highest BCUT2D eigenvalue weighted by molar-refractivity contribution is 7.18. The zero-order valence-electron chi connectivity index (χ0n) is 13.3. The highest BCUT2D eigenvalue weighted by Gasteiger charge is 2.41. The number of hydrogen-bond donors (Lipinski definition) is 1. The molecule has 0 saturated heterocycles. The number of thiophene rings is 1. The summed E-state index contributed by atoms with van der Waals surface area (Å²) >= 11 is 7.06. The maximum Gasteiger partial charge on any atom is 0.223 e. The number of rotatable bonds is 6. The molecule has 0 atom stereocenters. The number of amides is 1. The van der Waals surface area contributed by atoms with Gasteiger partial charge in [-0.1, -0.05) is 29.6 Å². The van der Waals surface area contributed by atoms with Gasteiger partial charge in [-0.3, -0.25) is 9.59 Å². The molecular weight excluding hydrogens is 350 g/mol. The van der Waals surface area contributed by atoms with E-state index in [1.165, 1.54) is 11.3 Å². The van der Waals surface area contributed by atoms with Crippen LogP contribution >= 0.6 is 22.9 Å². The zero-order valence-corrected chi connectivity index (χ0v) is 14.9. The summed E-state index contributed by atoms with van der Waals surface area (Å²) in [7, 11) is 0. The summed E-state index contributed by atoms with van der Waals surface area (Å²) in [6.07, 6.45) is 3.86. The van der Waals surface area contributed by atoms with Crippen LogP contribution in [0.25, 0.3) is 0 Å². The highest BCUT2D eigenvalue weighted by atomic mass is 35.5. The molecule has 2 heterocycles. The largest absolute Gasteiger partial charge is 0.343 e. The third-order valence-corrected chi connectivity index (χ3v) is 5.49. The standard InChI is InChI=1S/C16H18ClN3O3S/c1-10-18-15(20-23-10)16(8-2-3-9-16)19-14(22)7-4-11(21)12-5-6-13(17)24-12/h5-6H,2-4,7-9H2,1H3,(H,19,22). The fraction of sp³-hybridized carbons (Fsp3) is 0.500. The number of carbonyl (C=O) groups excluding carboxylic acids is 2. The molecule has 6 nitrogen and oxygen atoms in total. The van der Waals surface area contributed by atoms with E-state index in [-0.39, 0.29) is 24.5 Å². The quantitative estimate of drug-likeness (QED) is 0.788. The van der Waals surface area contributed by atoms with Crippen molar-refractivity contribution >= 4 is 34.6 Å². The first-order chi connectivity index (χ1) is 11.5. The molecule has 24 heavy (non-hydrogen) atoms. The average molecular weight is 368 g/mol. The summed E-state index contributed by atoms with van der Waals surface area (Å²) in [6.45, 7) is 1.73. The Balaban J connectivity index is 1.61. The molecule has 3 rings (SSSR count). The number of carbonyl (C=O) groups is 2. The Morgan fingerprint density at radius 3 is 2.67 bits per heavy atom. The minimum Gasteiger partial charge on any atom is -0.343 e. The van der Waals surface area contributed by atoms with Crippen molar-refractivity contribution in [2.45, 2.75) is 51.0 Å². The fourth-order valence-electron chi connectivity index (χ4n) is 3.02. The molecule has 8 heteroatoms. The van der Waals surface area contributed by atoms with Crippen molar-refractivity contribution in [3.63, 3.8) is 0 Å². The molecule has 0 spiro atoms. The van der Waals surface area contributed by atoms with Gasteiger partial charge in [-0.05, 0) is 25.0 Å². The molecule has 0 radical (unpaired) electrons. The van der Waals surface area contributed by atoms with Crippen LogP contribution in [0.15, 0.2) is 16.7 Å². The molecule has 0 aliphatic heterocycles. The van der Waals surface area contributed by atoms with Crippen LogP contribution in [0.3, 0.4) is 0 Å². The smallest absolute Gasteiger partial charge is 0.223 e. The molecule has 1 aliphatic rings. The van der Waals surface area contributed by atoms with E-state index in [1.54, 1.807) is 19.1 Å². The minimum absolute atomic E-state index is 0.0714. The van der Waals surface area contributed by atoms with Crippen LogP contribution in [-0.4, -0.2) is 21.8 Å². The fourth-order valence-corrected chi connectivity index (χ4v) is 4.03. The Bertz CT molecular complexity index is 749. The van der Waals surface area contributed by atoms with Gasteiger partial charge in [0, 0.05) is 19.8 Å². The van der Waals surface area contributed by atoms with E-state index in [1.807, 2.05) is 0 Å². The molecule has 0 unspecified atom stereocenters. The highest BCUT2D eigenvalue weighted by Crippen LogP contribution is 2.37. The minimum atomic E-state index is -0.565. The maximum absolute atomic E-state index is 12.4. The lowest BCUT2D eigenvalue weighted by Crippen LogP contribution is -2.44. The van der Waals surface area contributed by atoms with Crippen LogP contribution in [-0.2, 0) is 10.3 Å². The predicted molar refractivity (Wildman–Crippen MR) is 90.2 cm³/mol. The monoisotopic (exact) mass is 367 g/mol. The second-order valence-electron chi connectivity index (χ2n) is 6.00. The Morgan fingerprint density at radius 1 is 1.33 bits per heavy atom. The van der Waals surface area contributed by atoms with Gasteiger partial charge in [0.25, 0.3) is 0 Å². The van der Waals surface area contributed by atoms with E-state index >= 15 is 0 Å². The van der Waals surface area contributed by atoms with E-state index in [4.69, 9.17) is 16.1 Å². The summed E-state index contributed by atoms with van der Waals surface area (Å²) in [5.41, 5.74) is -0.565. The van der Waals surface area contributed by atoms with Gasteiger partial charge < -0.3 is 9.84 Å². The van der Waals surface area contributed by atoms with Crippen molar-refractivity contribution in [3.8, 4) is 0 Å². The van der Waals surface area contributed by atoms with E-state index < -0.39 is 5.54 Å². The summed E-state index contributed by atoms with van der Waals surface area (Å²) in [4.78, 5) is 29.3. The molecule has 1 amide bonds. The van der Waals surface area contributed by atoms with Crippen molar-refractivity contribution in [2.24, 2.45) is 0 Å². The van der Waals surface area contributed by atoms with Gasteiger partial charge in [0.2, 0.25) is 11.8 Å². The van der Waals surface area contributed by atoms with Gasteiger partial charge in [0.1, 0.15) is 5.54 Å². The number of aryl methyl sites for hydroxylation is 1. The van der Waals surface area contributed by atoms with Gasteiger partial charge >= 0.3 is 0 Å². The molecule has 0 bridgehead atoms. The second kappa shape index (κ2) is 7.03.